The molecule has 0 bridgehead atoms. The Morgan fingerprint density at radius 2 is 2.26 bits per heavy atom. The monoisotopic (exact) mass is 262 g/mol. The van der Waals surface area contributed by atoms with Crippen molar-refractivity contribution in [3.8, 4) is 0 Å². The summed E-state index contributed by atoms with van der Waals surface area (Å²) in [5.74, 6) is 1.13. The highest BCUT2D eigenvalue weighted by atomic mass is 15.3. The van der Waals surface area contributed by atoms with Crippen LogP contribution in [0.1, 0.15) is 26.3 Å². The summed E-state index contributed by atoms with van der Waals surface area (Å²) in [4.78, 5) is 9.52. The van der Waals surface area contributed by atoms with E-state index in [0.29, 0.717) is 6.04 Å². The number of nitrogens with two attached hydrogens (primary N) is 1. The highest BCUT2D eigenvalue weighted by molar-refractivity contribution is 5.47. The van der Waals surface area contributed by atoms with Crippen molar-refractivity contribution >= 4 is 5.82 Å². The van der Waals surface area contributed by atoms with Crippen LogP contribution in [0.15, 0.2) is 18.3 Å². The van der Waals surface area contributed by atoms with E-state index in [1.165, 1.54) is 5.56 Å². The van der Waals surface area contributed by atoms with Gasteiger partial charge in [-0.3, -0.25) is 4.90 Å². The Morgan fingerprint density at radius 3 is 2.89 bits per heavy atom. The molecule has 0 radical (unpaired) electrons. The van der Waals surface area contributed by atoms with Crippen LogP contribution in [0.4, 0.5) is 5.82 Å². The third-order valence-corrected chi connectivity index (χ3v) is 3.88. The predicted molar refractivity (Wildman–Crippen MR) is 80.5 cm³/mol. The van der Waals surface area contributed by atoms with Crippen LogP contribution in [0.25, 0.3) is 0 Å². The fraction of sp³-hybridized carbons (Fsp3) is 0.667. The van der Waals surface area contributed by atoms with Crippen LogP contribution in [0, 0.1) is 0 Å². The van der Waals surface area contributed by atoms with Crippen LogP contribution in [0.3, 0.4) is 0 Å². The first-order chi connectivity index (χ1) is 9.11. The van der Waals surface area contributed by atoms with E-state index >= 15 is 0 Å². The van der Waals surface area contributed by atoms with Crippen LogP contribution in [0.2, 0.25) is 0 Å². The molecule has 0 amide bonds. The molecular weight excluding hydrogens is 236 g/mol. The largest absolute Gasteiger partial charge is 0.354 e. The van der Waals surface area contributed by atoms with Gasteiger partial charge in [0.25, 0.3) is 0 Å². The summed E-state index contributed by atoms with van der Waals surface area (Å²) in [5, 5.41) is 0. The van der Waals surface area contributed by atoms with Crippen molar-refractivity contribution in [2.24, 2.45) is 5.73 Å². The first-order valence-corrected chi connectivity index (χ1v) is 7.30. The molecule has 4 nitrogen and oxygen atoms in total. The van der Waals surface area contributed by atoms with Gasteiger partial charge in [-0.15, -0.1) is 0 Å². The van der Waals surface area contributed by atoms with E-state index in [0.717, 1.165) is 38.4 Å². The van der Waals surface area contributed by atoms with Crippen molar-refractivity contribution < 1.29 is 0 Å². The minimum Gasteiger partial charge on any atom is -0.354 e. The van der Waals surface area contributed by atoms with Crippen molar-refractivity contribution in [3.05, 3.63) is 23.9 Å². The maximum atomic E-state index is 5.94. The summed E-state index contributed by atoms with van der Waals surface area (Å²) < 4.78 is 0. The smallest absolute Gasteiger partial charge is 0.131 e. The number of pyridine rings is 1. The number of rotatable bonds is 4. The minimum absolute atomic E-state index is 0.178. The highest BCUT2D eigenvalue weighted by Crippen LogP contribution is 2.21. The summed E-state index contributed by atoms with van der Waals surface area (Å²) in [6, 6.07) is 4.93. The molecule has 1 saturated heterocycles. The van der Waals surface area contributed by atoms with Crippen LogP contribution in [0.5, 0.6) is 0 Å². The Balaban J connectivity index is 2.14. The molecule has 2 unspecified atom stereocenters. The van der Waals surface area contributed by atoms with Crippen molar-refractivity contribution in [2.45, 2.75) is 39.3 Å². The zero-order valence-electron chi connectivity index (χ0n) is 12.3. The predicted octanol–water partition coefficient (Wildman–Crippen LogP) is 1.50. The molecule has 106 valence electrons. The lowest BCUT2D eigenvalue weighted by Crippen LogP contribution is -2.52. The molecule has 1 aliphatic heterocycles. The van der Waals surface area contributed by atoms with E-state index in [4.69, 9.17) is 5.73 Å². The summed E-state index contributed by atoms with van der Waals surface area (Å²) >= 11 is 0. The summed E-state index contributed by atoms with van der Waals surface area (Å²) in [6.45, 7) is 10.9. The molecule has 2 atom stereocenters. The van der Waals surface area contributed by atoms with Gasteiger partial charge in [-0.25, -0.2) is 4.98 Å². The maximum Gasteiger partial charge on any atom is 0.131 e. The van der Waals surface area contributed by atoms with Crippen LogP contribution in [-0.4, -0.2) is 48.1 Å². The molecule has 0 aromatic carbocycles. The Hall–Kier alpha value is -1.13. The first kappa shape index (κ1) is 14.3. The molecule has 0 spiro atoms. The second kappa shape index (κ2) is 6.35. The van der Waals surface area contributed by atoms with Gasteiger partial charge in [0.15, 0.2) is 0 Å². The quantitative estimate of drug-likeness (QED) is 0.893. The Kier molecular flexibility index (Phi) is 4.77. The number of piperazine rings is 1. The molecule has 1 fully saturated rings. The van der Waals surface area contributed by atoms with Gasteiger partial charge in [-0.2, -0.15) is 0 Å². The Bertz CT molecular complexity index is 405. The molecule has 0 aliphatic carbocycles. The fourth-order valence-corrected chi connectivity index (χ4v) is 2.88. The molecule has 1 aliphatic rings. The van der Waals surface area contributed by atoms with Crippen molar-refractivity contribution in [1.82, 2.24) is 9.88 Å². The molecule has 2 rings (SSSR count). The minimum atomic E-state index is 0.178. The maximum absolute atomic E-state index is 5.94. The summed E-state index contributed by atoms with van der Waals surface area (Å²) in [6.07, 6.45) is 2.78. The lowest BCUT2D eigenvalue weighted by molar-refractivity contribution is 0.199. The molecule has 1 aromatic heterocycles. The van der Waals surface area contributed by atoms with Gasteiger partial charge < -0.3 is 10.6 Å². The van der Waals surface area contributed by atoms with Gasteiger partial charge in [0.05, 0.1) is 0 Å². The lowest BCUT2D eigenvalue weighted by atomic mass is 10.1. The van der Waals surface area contributed by atoms with Gasteiger partial charge in [-0.1, -0.05) is 13.0 Å². The molecule has 1 aromatic rings. The van der Waals surface area contributed by atoms with Gasteiger partial charge in [0.2, 0.25) is 0 Å². The van der Waals surface area contributed by atoms with E-state index in [9.17, 15) is 0 Å². The number of nitrogens with zero attached hydrogens (tertiary/aromatic N) is 3. The molecular formula is C15H26N4. The van der Waals surface area contributed by atoms with E-state index < -0.39 is 0 Å². The van der Waals surface area contributed by atoms with Gasteiger partial charge in [-0.05, 0) is 38.4 Å². The Labute approximate surface area is 116 Å². The zero-order valence-corrected chi connectivity index (χ0v) is 12.3. The normalized spacial score (nSPS) is 22.5. The standard InChI is InChI=1S/C15H26N4/c1-4-18-8-9-19(11-13(18)3)15-14(10-12(2)16)6-5-7-17-15/h5-7,12-13H,4,8-11,16H2,1-3H3. The average molecular weight is 262 g/mol. The first-order valence-electron chi connectivity index (χ1n) is 7.30. The topological polar surface area (TPSA) is 45.4 Å². The van der Waals surface area contributed by atoms with E-state index in [1.54, 1.807) is 0 Å². The van der Waals surface area contributed by atoms with Gasteiger partial charge in [0, 0.05) is 37.9 Å². The van der Waals surface area contributed by atoms with E-state index in [-0.39, 0.29) is 6.04 Å². The molecule has 2 N–H and O–H groups in total. The number of hydrogen-bond donors (Lipinski definition) is 1. The second-order valence-electron chi connectivity index (χ2n) is 5.59. The summed E-state index contributed by atoms with van der Waals surface area (Å²) in [7, 11) is 0. The number of aromatic nitrogens is 1. The highest BCUT2D eigenvalue weighted by Gasteiger charge is 2.24. The lowest BCUT2D eigenvalue weighted by Gasteiger charge is -2.40. The molecule has 4 heteroatoms. The van der Waals surface area contributed by atoms with Crippen molar-refractivity contribution in [3.63, 3.8) is 0 Å². The van der Waals surface area contributed by atoms with Crippen LogP contribution >= 0.6 is 0 Å². The van der Waals surface area contributed by atoms with E-state index in [1.807, 2.05) is 12.3 Å². The third kappa shape index (κ3) is 3.45. The van der Waals surface area contributed by atoms with E-state index in [2.05, 4.69) is 41.6 Å². The SMILES string of the molecule is CCN1CCN(c2ncccc2CC(C)N)CC1C. The zero-order chi connectivity index (χ0) is 13.8. The second-order valence-corrected chi connectivity index (χ2v) is 5.59. The van der Waals surface area contributed by atoms with Crippen molar-refractivity contribution in [1.29, 1.82) is 0 Å². The average Bonchev–Trinajstić information content (AvgIpc) is 2.38. The molecule has 0 saturated carbocycles. The Morgan fingerprint density at radius 1 is 1.47 bits per heavy atom. The van der Waals surface area contributed by atoms with Gasteiger partial charge in [0.1, 0.15) is 5.82 Å². The van der Waals surface area contributed by atoms with Crippen molar-refractivity contribution in [2.75, 3.05) is 31.1 Å². The number of anilines is 1. The van der Waals surface area contributed by atoms with Crippen LogP contribution < -0.4 is 10.6 Å². The summed E-state index contributed by atoms with van der Waals surface area (Å²) in [5.41, 5.74) is 7.21. The molecule has 2 heterocycles. The fourth-order valence-electron chi connectivity index (χ4n) is 2.88. The number of likely N-dealkylation sites (N-methyl/N-ethyl adjacent to an activating group) is 1. The van der Waals surface area contributed by atoms with Gasteiger partial charge >= 0.3 is 0 Å². The number of hydrogen-bond acceptors (Lipinski definition) is 4. The van der Waals surface area contributed by atoms with Crippen LogP contribution in [-0.2, 0) is 6.42 Å². The molecule has 19 heavy (non-hydrogen) atoms. The third-order valence-electron chi connectivity index (χ3n) is 3.88.